The van der Waals surface area contributed by atoms with Crippen LogP contribution in [0.3, 0.4) is 0 Å². The van der Waals surface area contributed by atoms with Crippen LogP contribution in [0.2, 0.25) is 0 Å². The van der Waals surface area contributed by atoms with E-state index in [0.29, 0.717) is 11.8 Å². The molecule has 3 rings (SSSR count). The van der Waals surface area contributed by atoms with Gasteiger partial charge in [0.25, 0.3) is 20.0 Å². The van der Waals surface area contributed by atoms with Crippen LogP contribution in [0.1, 0.15) is 0 Å². The average molecular weight is 424 g/mol. The van der Waals surface area contributed by atoms with Crippen LogP contribution in [0.15, 0.2) is 82.6 Å². The zero-order valence-corrected chi connectivity index (χ0v) is 15.8. The smallest absolute Gasteiger partial charge is 0.264 e. The Morgan fingerprint density at radius 1 is 0.643 bits per heavy atom. The lowest BCUT2D eigenvalue weighted by atomic mass is 10.3. The molecule has 0 heterocycles. The number of rotatable bonds is 6. The van der Waals surface area contributed by atoms with Crippen molar-refractivity contribution in [1.29, 1.82) is 0 Å². The Balaban J connectivity index is 1.81. The van der Waals surface area contributed by atoms with Crippen LogP contribution in [0.25, 0.3) is 0 Å². The minimum Gasteiger partial charge on any atom is -0.280 e. The minimum absolute atomic E-state index is 0.0161. The molecule has 0 aromatic heterocycles. The molecule has 146 valence electrons. The van der Waals surface area contributed by atoms with E-state index in [0.717, 1.165) is 12.1 Å². The van der Waals surface area contributed by atoms with Crippen LogP contribution < -0.4 is 9.44 Å². The maximum Gasteiger partial charge on any atom is 0.264 e. The van der Waals surface area contributed by atoms with E-state index in [1.54, 1.807) is 30.3 Å². The lowest BCUT2D eigenvalue weighted by molar-refractivity contribution is 0.551. The quantitative estimate of drug-likeness (QED) is 0.633. The van der Waals surface area contributed by atoms with E-state index in [9.17, 15) is 25.6 Å². The van der Waals surface area contributed by atoms with E-state index in [-0.39, 0.29) is 10.6 Å². The van der Waals surface area contributed by atoms with Gasteiger partial charge in [0.05, 0.1) is 4.90 Å². The van der Waals surface area contributed by atoms with Gasteiger partial charge in [-0.2, -0.15) is 0 Å². The van der Waals surface area contributed by atoms with Crippen molar-refractivity contribution in [3.63, 3.8) is 0 Å². The Labute approximate surface area is 160 Å². The number of anilines is 2. The third-order valence-corrected chi connectivity index (χ3v) is 6.44. The Kier molecular flexibility index (Phi) is 5.34. The molecule has 3 aromatic carbocycles. The number of benzene rings is 3. The molecule has 0 aliphatic heterocycles. The summed E-state index contributed by atoms with van der Waals surface area (Å²) in [7, 11) is -8.18. The van der Waals surface area contributed by atoms with Gasteiger partial charge < -0.3 is 0 Å². The molecule has 0 radical (unpaired) electrons. The van der Waals surface area contributed by atoms with E-state index < -0.39 is 36.6 Å². The van der Waals surface area contributed by atoms with E-state index in [4.69, 9.17) is 0 Å². The van der Waals surface area contributed by atoms with Gasteiger partial charge in [0.1, 0.15) is 16.5 Å². The SMILES string of the molecule is O=S(=O)(Nc1ccccc1)c1ccc(NS(=O)(=O)c2ccc(F)cc2F)cc1. The minimum atomic E-state index is -4.31. The first-order valence-corrected chi connectivity index (χ1v) is 10.8. The van der Waals surface area contributed by atoms with Crippen molar-refractivity contribution in [2.45, 2.75) is 9.79 Å². The molecule has 0 aliphatic rings. The first-order chi connectivity index (χ1) is 13.2. The van der Waals surface area contributed by atoms with Crippen LogP contribution in [-0.4, -0.2) is 16.8 Å². The molecule has 0 saturated heterocycles. The van der Waals surface area contributed by atoms with E-state index >= 15 is 0 Å². The Bertz CT molecular complexity index is 1200. The number of para-hydroxylation sites is 1. The second kappa shape index (κ2) is 7.56. The number of hydrogen-bond donors (Lipinski definition) is 2. The zero-order chi connectivity index (χ0) is 20.4. The van der Waals surface area contributed by atoms with Gasteiger partial charge in [0.15, 0.2) is 0 Å². The molecule has 28 heavy (non-hydrogen) atoms. The van der Waals surface area contributed by atoms with Gasteiger partial charge in [-0.1, -0.05) is 18.2 Å². The fraction of sp³-hybridized carbons (Fsp3) is 0. The predicted molar refractivity (Wildman–Crippen MR) is 101 cm³/mol. The van der Waals surface area contributed by atoms with Crippen molar-refractivity contribution in [2.75, 3.05) is 9.44 Å². The van der Waals surface area contributed by atoms with Gasteiger partial charge in [-0.15, -0.1) is 0 Å². The van der Waals surface area contributed by atoms with Crippen molar-refractivity contribution < 1.29 is 25.6 Å². The summed E-state index contributed by atoms with van der Waals surface area (Å²) >= 11 is 0. The molecule has 6 nitrogen and oxygen atoms in total. The van der Waals surface area contributed by atoms with Crippen molar-refractivity contribution in [3.05, 3.63) is 84.4 Å². The third kappa shape index (κ3) is 4.46. The summed E-state index contributed by atoms with van der Waals surface area (Å²) in [5.41, 5.74) is 0.390. The van der Waals surface area contributed by atoms with Gasteiger partial charge in [0.2, 0.25) is 0 Å². The van der Waals surface area contributed by atoms with Gasteiger partial charge in [-0.3, -0.25) is 9.44 Å². The van der Waals surface area contributed by atoms with Crippen molar-refractivity contribution in [1.82, 2.24) is 0 Å². The summed E-state index contributed by atoms with van der Waals surface area (Å²) in [4.78, 5) is -0.816. The standard InChI is InChI=1S/C18H14F2N2O4S2/c19-13-6-11-18(17(20)12-13)28(25,26)22-15-7-9-16(10-8-15)27(23,24)21-14-4-2-1-3-5-14/h1-12,21-22H. The van der Waals surface area contributed by atoms with Crippen LogP contribution >= 0.6 is 0 Å². The number of hydrogen-bond acceptors (Lipinski definition) is 4. The lowest BCUT2D eigenvalue weighted by Gasteiger charge is -2.11. The highest BCUT2D eigenvalue weighted by molar-refractivity contribution is 7.93. The highest BCUT2D eigenvalue weighted by Gasteiger charge is 2.20. The summed E-state index contributed by atoms with van der Waals surface area (Å²) in [6, 6.07) is 15.2. The predicted octanol–water partition coefficient (Wildman–Crippen LogP) is 3.57. The topological polar surface area (TPSA) is 92.3 Å². The number of nitrogens with one attached hydrogen (secondary N) is 2. The molecule has 2 N–H and O–H groups in total. The maximum absolute atomic E-state index is 13.7. The zero-order valence-electron chi connectivity index (χ0n) is 14.1. The van der Waals surface area contributed by atoms with Gasteiger partial charge >= 0.3 is 0 Å². The molecule has 0 amide bonds. The molecular weight excluding hydrogens is 410 g/mol. The van der Waals surface area contributed by atoms with E-state index in [1.165, 1.54) is 24.3 Å². The number of sulfonamides is 2. The Hall–Kier alpha value is -2.98. The molecule has 3 aromatic rings. The highest BCUT2D eigenvalue weighted by atomic mass is 32.2. The van der Waals surface area contributed by atoms with Crippen LogP contribution in [-0.2, 0) is 20.0 Å². The van der Waals surface area contributed by atoms with Gasteiger partial charge in [-0.05, 0) is 48.5 Å². The summed E-state index contributed by atoms with van der Waals surface area (Å²) in [5, 5.41) is 0. The average Bonchev–Trinajstić information content (AvgIpc) is 2.62. The first kappa shape index (κ1) is 19.8. The van der Waals surface area contributed by atoms with E-state index in [2.05, 4.69) is 9.44 Å². The summed E-state index contributed by atoms with van der Waals surface area (Å²) < 4.78 is 80.4. The maximum atomic E-state index is 13.7. The van der Waals surface area contributed by atoms with Crippen molar-refractivity contribution >= 4 is 31.4 Å². The van der Waals surface area contributed by atoms with Crippen LogP contribution in [0.5, 0.6) is 0 Å². The van der Waals surface area contributed by atoms with Crippen LogP contribution in [0, 0.1) is 11.6 Å². The van der Waals surface area contributed by atoms with Crippen LogP contribution in [0.4, 0.5) is 20.2 Å². The molecule has 10 heteroatoms. The molecule has 0 saturated carbocycles. The highest BCUT2D eigenvalue weighted by Crippen LogP contribution is 2.22. The summed E-state index contributed by atoms with van der Waals surface area (Å²) in [5.74, 6) is -2.14. The monoisotopic (exact) mass is 424 g/mol. The summed E-state index contributed by atoms with van der Waals surface area (Å²) in [6.45, 7) is 0. The summed E-state index contributed by atoms with van der Waals surface area (Å²) in [6.07, 6.45) is 0. The number of halogens is 2. The van der Waals surface area contributed by atoms with Gasteiger partial charge in [-0.25, -0.2) is 25.6 Å². The van der Waals surface area contributed by atoms with Crippen molar-refractivity contribution in [3.8, 4) is 0 Å². The van der Waals surface area contributed by atoms with Gasteiger partial charge in [0, 0.05) is 17.4 Å². The largest absolute Gasteiger partial charge is 0.280 e. The third-order valence-electron chi connectivity index (χ3n) is 3.63. The Morgan fingerprint density at radius 2 is 1.21 bits per heavy atom. The molecule has 0 fully saturated rings. The Morgan fingerprint density at radius 3 is 1.82 bits per heavy atom. The fourth-order valence-corrected chi connectivity index (χ4v) is 4.50. The second-order valence-corrected chi connectivity index (χ2v) is 9.01. The van der Waals surface area contributed by atoms with Crippen molar-refractivity contribution in [2.24, 2.45) is 0 Å². The molecule has 0 aliphatic carbocycles. The molecular formula is C18H14F2N2O4S2. The van der Waals surface area contributed by atoms with E-state index in [1.807, 2.05) is 0 Å². The molecule has 0 unspecified atom stereocenters. The second-order valence-electron chi connectivity index (χ2n) is 5.68. The molecule has 0 atom stereocenters. The molecule has 0 bridgehead atoms. The lowest BCUT2D eigenvalue weighted by Crippen LogP contribution is -2.15. The normalized spacial score (nSPS) is 11.8. The fourth-order valence-electron chi connectivity index (χ4n) is 2.33. The molecule has 0 spiro atoms. The first-order valence-electron chi connectivity index (χ1n) is 7.83.